The summed E-state index contributed by atoms with van der Waals surface area (Å²) >= 11 is 1.54. The average molecular weight is 358 g/mol. The molecule has 1 aromatic carbocycles. The number of benzene rings is 1. The highest BCUT2D eigenvalue weighted by molar-refractivity contribution is 7.09. The molecule has 2 aromatic rings. The van der Waals surface area contributed by atoms with Crippen molar-refractivity contribution in [2.75, 3.05) is 21.3 Å². The van der Waals surface area contributed by atoms with Gasteiger partial charge in [0.15, 0.2) is 11.5 Å². The van der Waals surface area contributed by atoms with E-state index in [9.17, 15) is 10.1 Å². The first-order valence-electron chi connectivity index (χ1n) is 7.35. The van der Waals surface area contributed by atoms with Crippen LogP contribution in [0.1, 0.15) is 10.4 Å². The maximum absolute atomic E-state index is 12.3. The molecule has 0 bridgehead atoms. The van der Waals surface area contributed by atoms with E-state index in [-0.39, 0.29) is 5.57 Å². The maximum atomic E-state index is 12.3. The molecule has 0 radical (unpaired) electrons. The minimum atomic E-state index is -0.451. The Morgan fingerprint density at radius 1 is 1.20 bits per heavy atom. The topological polar surface area (TPSA) is 80.6 Å². The first-order chi connectivity index (χ1) is 12.1. The van der Waals surface area contributed by atoms with Crippen molar-refractivity contribution in [1.82, 2.24) is 5.32 Å². The number of rotatable bonds is 7. The standard InChI is InChI=1S/C18H18N2O4S/c1-22-15-9-17(24-3)16(23-2)8-12(15)7-13(10-19)18(21)20-11-14-5-4-6-25-14/h4-9H,11H2,1-3H3,(H,20,21)/b13-7+. The maximum Gasteiger partial charge on any atom is 0.262 e. The highest BCUT2D eigenvalue weighted by atomic mass is 32.1. The molecule has 0 aliphatic heterocycles. The SMILES string of the molecule is COc1cc(OC)c(OC)cc1/C=C(\C#N)C(=O)NCc1cccs1. The number of ether oxygens (including phenoxy) is 3. The summed E-state index contributed by atoms with van der Waals surface area (Å²) in [7, 11) is 4.53. The number of nitrogens with one attached hydrogen (secondary N) is 1. The number of nitriles is 1. The molecule has 1 N–H and O–H groups in total. The van der Waals surface area contributed by atoms with Crippen molar-refractivity contribution in [3.63, 3.8) is 0 Å². The average Bonchev–Trinajstić information content (AvgIpc) is 3.16. The summed E-state index contributed by atoms with van der Waals surface area (Å²) in [6.07, 6.45) is 1.46. The number of hydrogen-bond donors (Lipinski definition) is 1. The molecule has 130 valence electrons. The largest absolute Gasteiger partial charge is 0.496 e. The molecule has 0 aliphatic rings. The van der Waals surface area contributed by atoms with Crippen molar-refractivity contribution in [2.24, 2.45) is 0 Å². The van der Waals surface area contributed by atoms with Crippen molar-refractivity contribution in [3.05, 3.63) is 45.7 Å². The van der Waals surface area contributed by atoms with Gasteiger partial charge in [-0.15, -0.1) is 11.3 Å². The third kappa shape index (κ3) is 4.52. The highest BCUT2D eigenvalue weighted by Crippen LogP contribution is 2.35. The van der Waals surface area contributed by atoms with Gasteiger partial charge in [0.1, 0.15) is 17.4 Å². The van der Waals surface area contributed by atoms with Crippen LogP contribution in [-0.2, 0) is 11.3 Å². The molecule has 0 saturated carbocycles. The van der Waals surface area contributed by atoms with E-state index in [0.29, 0.717) is 29.4 Å². The van der Waals surface area contributed by atoms with Crippen LogP contribution in [0.4, 0.5) is 0 Å². The van der Waals surface area contributed by atoms with Crippen LogP contribution in [0.2, 0.25) is 0 Å². The van der Waals surface area contributed by atoms with Gasteiger partial charge in [0.05, 0.1) is 27.9 Å². The van der Waals surface area contributed by atoms with Crippen molar-refractivity contribution in [1.29, 1.82) is 5.26 Å². The number of methoxy groups -OCH3 is 3. The van der Waals surface area contributed by atoms with E-state index in [2.05, 4.69) is 5.32 Å². The Hall–Kier alpha value is -2.98. The lowest BCUT2D eigenvalue weighted by Gasteiger charge is -2.12. The number of carbonyl (C=O) groups excluding carboxylic acids is 1. The van der Waals surface area contributed by atoms with E-state index >= 15 is 0 Å². The highest BCUT2D eigenvalue weighted by Gasteiger charge is 2.14. The molecule has 25 heavy (non-hydrogen) atoms. The number of amides is 1. The van der Waals surface area contributed by atoms with E-state index in [1.54, 1.807) is 12.1 Å². The molecule has 6 nitrogen and oxygen atoms in total. The zero-order chi connectivity index (χ0) is 18.2. The summed E-state index contributed by atoms with van der Waals surface area (Å²) in [5.41, 5.74) is 0.519. The normalized spacial score (nSPS) is 10.7. The van der Waals surface area contributed by atoms with E-state index in [0.717, 1.165) is 4.88 Å². The lowest BCUT2D eigenvalue weighted by Crippen LogP contribution is -2.23. The van der Waals surface area contributed by atoms with Gasteiger partial charge in [0, 0.05) is 16.5 Å². The van der Waals surface area contributed by atoms with Gasteiger partial charge < -0.3 is 19.5 Å². The molecule has 2 rings (SSSR count). The van der Waals surface area contributed by atoms with Crippen molar-refractivity contribution < 1.29 is 19.0 Å². The molecular weight excluding hydrogens is 340 g/mol. The molecule has 0 saturated heterocycles. The molecule has 0 atom stereocenters. The van der Waals surface area contributed by atoms with Crippen LogP contribution in [0.15, 0.2) is 35.2 Å². The lowest BCUT2D eigenvalue weighted by atomic mass is 10.1. The molecule has 1 heterocycles. The van der Waals surface area contributed by atoms with Crippen LogP contribution in [0.5, 0.6) is 17.2 Å². The van der Waals surface area contributed by atoms with Gasteiger partial charge in [0.25, 0.3) is 5.91 Å². The van der Waals surface area contributed by atoms with Crippen LogP contribution < -0.4 is 19.5 Å². The minimum Gasteiger partial charge on any atom is -0.496 e. The van der Waals surface area contributed by atoms with Gasteiger partial charge in [0.2, 0.25) is 0 Å². The van der Waals surface area contributed by atoms with E-state index in [1.807, 2.05) is 23.6 Å². The number of nitrogens with zero attached hydrogens (tertiary/aromatic N) is 1. The summed E-state index contributed by atoms with van der Waals surface area (Å²) in [5.74, 6) is 0.993. The fraction of sp³-hybridized carbons (Fsp3) is 0.222. The molecule has 0 aliphatic carbocycles. The Bertz CT molecular complexity index is 807. The van der Waals surface area contributed by atoms with E-state index in [4.69, 9.17) is 14.2 Å². The number of thiophene rings is 1. The molecule has 7 heteroatoms. The third-order valence-electron chi connectivity index (χ3n) is 3.40. The zero-order valence-electron chi connectivity index (χ0n) is 14.2. The molecule has 0 spiro atoms. The first kappa shape index (κ1) is 18.4. The summed E-state index contributed by atoms with van der Waals surface area (Å²) in [6, 6.07) is 9.04. The summed E-state index contributed by atoms with van der Waals surface area (Å²) in [4.78, 5) is 13.3. The van der Waals surface area contributed by atoms with Gasteiger partial charge in [-0.3, -0.25) is 4.79 Å². The van der Waals surface area contributed by atoms with Crippen LogP contribution in [-0.4, -0.2) is 27.2 Å². The molecule has 1 amide bonds. The monoisotopic (exact) mass is 358 g/mol. The van der Waals surface area contributed by atoms with Gasteiger partial charge in [-0.1, -0.05) is 6.07 Å². The molecular formula is C18H18N2O4S. The Kier molecular flexibility index (Phi) is 6.43. The zero-order valence-corrected chi connectivity index (χ0v) is 15.0. The Labute approximate surface area is 150 Å². The lowest BCUT2D eigenvalue weighted by molar-refractivity contribution is -0.117. The van der Waals surface area contributed by atoms with E-state index in [1.165, 1.54) is 38.7 Å². The van der Waals surface area contributed by atoms with Crippen LogP contribution >= 0.6 is 11.3 Å². The smallest absolute Gasteiger partial charge is 0.262 e. The fourth-order valence-corrected chi connectivity index (χ4v) is 2.79. The number of hydrogen-bond acceptors (Lipinski definition) is 6. The third-order valence-corrected chi connectivity index (χ3v) is 4.28. The van der Waals surface area contributed by atoms with Gasteiger partial charge in [-0.05, 0) is 23.6 Å². The minimum absolute atomic E-state index is 0.0259. The Morgan fingerprint density at radius 2 is 1.88 bits per heavy atom. The predicted molar refractivity (Wildman–Crippen MR) is 95.9 cm³/mol. The van der Waals surface area contributed by atoms with Crippen molar-refractivity contribution in [3.8, 4) is 23.3 Å². The molecule has 0 unspecified atom stereocenters. The Balaban J connectivity index is 2.28. The first-order valence-corrected chi connectivity index (χ1v) is 8.23. The summed E-state index contributed by atoms with van der Waals surface area (Å²) < 4.78 is 15.8. The second kappa shape index (κ2) is 8.76. The second-order valence-electron chi connectivity index (χ2n) is 4.88. The Morgan fingerprint density at radius 3 is 2.44 bits per heavy atom. The van der Waals surface area contributed by atoms with Crippen LogP contribution in [0, 0.1) is 11.3 Å². The van der Waals surface area contributed by atoms with Crippen LogP contribution in [0.25, 0.3) is 6.08 Å². The van der Waals surface area contributed by atoms with Crippen LogP contribution in [0.3, 0.4) is 0 Å². The predicted octanol–water partition coefficient (Wildman–Crippen LogP) is 3.00. The summed E-state index contributed by atoms with van der Waals surface area (Å²) in [5, 5.41) is 14.0. The van der Waals surface area contributed by atoms with Gasteiger partial charge >= 0.3 is 0 Å². The molecule has 0 fully saturated rings. The number of carbonyl (C=O) groups is 1. The van der Waals surface area contributed by atoms with Gasteiger partial charge in [-0.2, -0.15) is 5.26 Å². The van der Waals surface area contributed by atoms with Crippen molar-refractivity contribution in [2.45, 2.75) is 6.54 Å². The fourth-order valence-electron chi connectivity index (χ4n) is 2.15. The van der Waals surface area contributed by atoms with Gasteiger partial charge in [-0.25, -0.2) is 0 Å². The second-order valence-corrected chi connectivity index (χ2v) is 5.91. The molecule has 1 aromatic heterocycles. The van der Waals surface area contributed by atoms with E-state index < -0.39 is 5.91 Å². The van der Waals surface area contributed by atoms with Crippen molar-refractivity contribution >= 4 is 23.3 Å². The summed E-state index contributed by atoms with van der Waals surface area (Å²) in [6.45, 7) is 0.374. The quantitative estimate of drug-likeness (QED) is 0.608.